The fraction of sp³-hybridized carbons (Fsp3) is 0.250. The molecule has 29 heavy (non-hydrogen) atoms. The van der Waals surface area contributed by atoms with Crippen LogP contribution in [0.15, 0.2) is 53.7 Å². The maximum absolute atomic E-state index is 9.56. The van der Waals surface area contributed by atoms with E-state index < -0.39 is 8.07 Å². The van der Waals surface area contributed by atoms with E-state index in [1.807, 2.05) is 0 Å². The van der Waals surface area contributed by atoms with Gasteiger partial charge < -0.3 is 29.9 Å². The number of aliphatic hydroxyl groups excluding tert-OH is 1. The van der Waals surface area contributed by atoms with E-state index >= 15 is 0 Å². The van der Waals surface area contributed by atoms with Crippen LogP contribution in [0.4, 0.5) is 0 Å². The summed E-state index contributed by atoms with van der Waals surface area (Å²) in [5.74, 6) is 0. The van der Waals surface area contributed by atoms with E-state index in [0.717, 1.165) is 12.5 Å². The molecule has 0 atom stereocenters. The number of rotatable bonds is 4. The first-order valence-corrected chi connectivity index (χ1v) is 12.6. The summed E-state index contributed by atoms with van der Waals surface area (Å²) < 4.78 is 0. The smallest absolute Gasteiger partial charge is 1.00 e. The minimum absolute atomic E-state index is 0. The molecule has 1 N–H and O–H groups in total. The Kier molecular flexibility index (Phi) is 9.58. The van der Waals surface area contributed by atoms with Gasteiger partial charge in [0, 0.05) is 6.61 Å². The number of hydrogen-bond donors (Lipinski definition) is 1. The molecule has 1 nitrogen and oxygen atoms in total. The Labute approximate surface area is 205 Å². The van der Waals surface area contributed by atoms with Gasteiger partial charge in [0.2, 0.25) is 0 Å². The van der Waals surface area contributed by atoms with Gasteiger partial charge in [-0.25, -0.2) is 0 Å². The molecule has 2 aromatic rings. The van der Waals surface area contributed by atoms with Crippen molar-refractivity contribution in [2.24, 2.45) is 0 Å². The molecule has 0 saturated carbocycles. The molecule has 0 aromatic heterocycles. The molecule has 2 aromatic carbocycles. The summed E-state index contributed by atoms with van der Waals surface area (Å²) >= 11 is 0. The third-order valence-corrected chi connectivity index (χ3v) is 9.13. The molecule has 0 spiro atoms. The van der Waals surface area contributed by atoms with Crippen molar-refractivity contribution in [3.8, 4) is 0 Å². The zero-order valence-electron chi connectivity index (χ0n) is 17.0. The molecule has 0 heterocycles. The largest absolute Gasteiger partial charge is 3.00 e. The van der Waals surface area contributed by atoms with Crippen molar-refractivity contribution in [1.82, 2.24) is 0 Å². The van der Waals surface area contributed by atoms with Gasteiger partial charge in [-0.2, -0.15) is 0 Å². The van der Waals surface area contributed by atoms with Crippen molar-refractivity contribution in [1.29, 1.82) is 0 Å². The predicted molar refractivity (Wildman–Crippen MR) is 113 cm³/mol. The number of fused-ring (bicyclic) bond motifs is 2. The monoisotopic (exact) mass is 517 g/mol. The zero-order chi connectivity index (χ0) is 18.3. The number of hydrogen-bond acceptors (Lipinski definition) is 1. The van der Waals surface area contributed by atoms with Crippen LogP contribution in [-0.2, 0) is 26.2 Å². The van der Waals surface area contributed by atoms with Gasteiger partial charge in [-0.15, -0.1) is 33.4 Å². The first-order valence-electron chi connectivity index (χ1n) is 9.41. The summed E-state index contributed by atoms with van der Waals surface area (Å²) in [5.41, 5.74) is 4.03. The van der Waals surface area contributed by atoms with Crippen LogP contribution >= 0.6 is 0 Å². The quantitative estimate of drug-likeness (QED) is 0.305. The van der Waals surface area contributed by atoms with Crippen LogP contribution in [0.25, 0.3) is 17.7 Å². The molecule has 0 saturated heterocycles. The van der Waals surface area contributed by atoms with Crippen LogP contribution in [0.5, 0.6) is 0 Å². The van der Waals surface area contributed by atoms with E-state index in [4.69, 9.17) is 0 Å². The van der Waals surface area contributed by atoms with Crippen molar-refractivity contribution in [3.63, 3.8) is 0 Å². The third-order valence-electron chi connectivity index (χ3n) is 5.72. The number of allylic oxidation sites excluding steroid dienone is 4. The Hall–Kier alpha value is -0.700. The van der Waals surface area contributed by atoms with Gasteiger partial charge in [0.1, 0.15) is 0 Å². The molecule has 1 radical (unpaired) electrons. The van der Waals surface area contributed by atoms with Gasteiger partial charge in [-0.1, -0.05) is 83.2 Å². The van der Waals surface area contributed by atoms with Gasteiger partial charge in [-0.05, 0) is 19.4 Å². The fourth-order valence-corrected chi connectivity index (χ4v) is 6.73. The molecule has 0 amide bonds. The minimum Gasteiger partial charge on any atom is -1.00 e. The molecule has 0 aliphatic heterocycles. The maximum Gasteiger partial charge on any atom is 3.00 e. The first kappa shape index (κ1) is 26.3. The van der Waals surface area contributed by atoms with E-state index in [1.54, 1.807) is 0 Å². The van der Waals surface area contributed by atoms with Gasteiger partial charge in [0.05, 0.1) is 8.07 Å². The number of halogens is 2. The van der Waals surface area contributed by atoms with Crippen molar-refractivity contribution >= 4 is 25.8 Å². The molecule has 4 rings (SSSR count). The molecule has 2 aliphatic carbocycles. The second-order valence-electron chi connectivity index (χ2n) is 7.77. The van der Waals surface area contributed by atoms with E-state index in [0.29, 0.717) is 0 Å². The second kappa shape index (κ2) is 10.6. The number of aliphatic hydroxyl groups is 1. The van der Waals surface area contributed by atoms with Crippen LogP contribution in [0.3, 0.4) is 0 Å². The van der Waals surface area contributed by atoms with Crippen LogP contribution in [-0.4, -0.2) is 19.8 Å². The summed E-state index contributed by atoms with van der Waals surface area (Å²) in [6, 6.07) is 13.9. The van der Waals surface area contributed by atoms with Crippen molar-refractivity contribution in [3.05, 3.63) is 85.7 Å². The average Bonchev–Trinajstić information content (AvgIpc) is 3.25. The Bertz CT molecular complexity index is 1170. The Morgan fingerprint density at radius 2 is 1.79 bits per heavy atom. The van der Waals surface area contributed by atoms with E-state index in [2.05, 4.69) is 80.7 Å². The normalized spacial score (nSPS) is 14.4. The summed E-state index contributed by atoms with van der Waals surface area (Å²) in [4.78, 5) is 0. The molecule has 149 valence electrons. The summed E-state index contributed by atoms with van der Waals surface area (Å²) in [7, 11) is -1.66. The minimum atomic E-state index is -1.66. The summed E-state index contributed by atoms with van der Waals surface area (Å²) in [5, 5.41) is 16.1. The van der Waals surface area contributed by atoms with Gasteiger partial charge in [-0.3, -0.25) is 0 Å². The van der Waals surface area contributed by atoms with Crippen molar-refractivity contribution in [2.45, 2.75) is 32.5 Å². The van der Waals surface area contributed by atoms with Crippen molar-refractivity contribution < 1.29 is 56.1 Å². The molecule has 0 fully saturated rings. The van der Waals surface area contributed by atoms with E-state index in [9.17, 15) is 5.11 Å². The molecule has 0 unspecified atom stereocenters. The Morgan fingerprint density at radius 1 is 1.07 bits per heavy atom. The molecular weight excluding hydrogens is 494 g/mol. The Morgan fingerprint density at radius 3 is 2.48 bits per heavy atom. The summed E-state index contributed by atoms with van der Waals surface area (Å²) in [6.07, 6.45) is 11.5. The maximum atomic E-state index is 9.56. The zero-order valence-corrected chi connectivity index (χ0v) is 22.0. The topological polar surface area (TPSA) is 20.2 Å². The fourth-order valence-electron chi connectivity index (χ4n) is 4.29. The standard InChI is InChI=1S/C24H25OSi.2ClH.Zr/c1-4-17-12-13-20-19-9-6-5-8-18(19)16-22(20)24(17)21-10-7-11-23(21)26(2,3)15-14-25;;;/h4-9,11-13,25H,10,14-15H2,1-3H3;2*1H;/q-1;;;+3/p-2. The van der Waals surface area contributed by atoms with Gasteiger partial charge >= 0.3 is 26.2 Å². The van der Waals surface area contributed by atoms with Gasteiger partial charge in [0.25, 0.3) is 0 Å². The molecule has 5 heteroatoms. The molecular formula is C24H25Cl2OSiZr. The van der Waals surface area contributed by atoms with Crippen LogP contribution in [0.1, 0.15) is 24.5 Å². The van der Waals surface area contributed by atoms with E-state index in [1.165, 1.54) is 42.8 Å². The van der Waals surface area contributed by atoms with Crippen LogP contribution < -0.4 is 35.3 Å². The summed E-state index contributed by atoms with van der Waals surface area (Å²) in [6.45, 7) is 7.13. The van der Waals surface area contributed by atoms with Crippen molar-refractivity contribution in [2.75, 3.05) is 6.61 Å². The van der Waals surface area contributed by atoms with Crippen LogP contribution in [0, 0.1) is 10.4 Å². The van der Waals surface area contributed by atoms with Crippen LogP contribution in [0.2, 0.25) is 19.1 Å². The third kappa shape index (κ3) is 4.65. The second-order valence-corrected chi connectivity index (χ2v) is 12.6. The Balaban J connectivity index is 0.00000140. The SMILES string of the molecule is CC=c1ccc2c(c1C1=C([Si](C)(C)CCO)C=CC1)[C-]=c1ccccc1=2.[Cl-].[Cl-].[Zr+3]. The molecule has 2 aliphatic rings. The van der Waals surface area contributed by atoms with E-state index in [-0.39, 0.29) is 57.6 Å². The van der Waals surface area contributed by atoms with Gasteiger partial charge in [0.15, 0.2) is 0 Å². The average molecular weight is 520 g/mol. The predicted octanol–water partition coefficient (Wildman–Crippen LogP) is -2.25. The number of benzene rings is 2. The molecule has 0 bridgehead atoms. The first-order chi connectivity index (χ1) is 12.6.